The number of anilines is 2. The first-order chi connectivity index (χ1) is 12.3. The molecule has 1 aliphatic rings. The lowest BCUT2D eigenvalue weighted by Crippen LogP contribution is -2.32. The first kappa shape index (κ1) is 19.2. The van der Waals surface area contributed by atoms with Gasteiger partial charge in [0.15, 0.2) is 0 Å². The second kappa shape index (κ2) is 9.99. The Hall–Kier alpha value is -2.14. The van der Waals surface area contributed by atoms with Gasteiger partial charge in [-0.2, -0.15) is 4.98 Å². The third-order valence-corrected chi connectivity index (χ3v) is 4.23. The predicted octanol–water partition coefficient (Wildman–Crippen LogP) is 3.86. The maximum Gasteiger partial charge on any atom is 0.222 e. The Balaban J connectivity index is 0.00000109. The SMILES string of the molecule is CC.CCCCNc1nc(N)nc2c1CCN(Cc1ccccc1)C2. The molecular formula is C20H31N5. The number of rotatable bonds is 6. The number of nitrogens with one attached hydrogen (secondary N) is 1. The molecule has 5 heteroatoms. The van der Waals surface area contributed by atoms with Gasteiger partial charge in [0.1, 0.15) is 5.82 Å². The van der Waals surface area contributed by atoms with E-state index in [1.165, 1.54) is 17.5 Å². The van der Waals surface area contributed by atoms with Crippen molar-refractivity contribution in [2.75, 3.05) is 24.1 Å². The highest BCUT2D eigenvalue weighted by atomic mass is 15.2. The minimum absolute atomic E-state index is 0.365. The van der Waals surface area contributed by atoms with Crippen LogP contribution in [0.3, 0.4) is 0 Å². The second-order valence-corrected chi connectivity index (χ2v) is 6.08. The quantitative estimate of drug-likeness (QED) is 0.781. The van der Waals surface area contributed by atoms with Gasteiger partial charge in [0.2, 0.25) is 5.95 Å². The zero-order chi connectivity index (χ0) is 18.1. The van der Waals surface area contributed by atoms with Crippen molar-refractivity contribution in [2.45, 2.75) is 53.1 Å². The van der Waals surface area contributed by atoms with Gasteiger partial charge in [-0.3, -0.25) is 4.90 Å². The topological polar surface area (TPSA) is 67.1 Å². The summed E-state index contributed by atoms with van der Waals surface area (Å²) in [5.74, 6) is 1.30. The number of fused-ring (bicyclic) bond motifs is 1. The van der Waals surface area contributed by atoms with E-state index in [0.717, 1.165) is 50.5 Å². The van der Waals surface area contributed by atoms with Crippen molar-refractivity contribution >= 4 is 11.8 Å². The highest BCUT2D eigenvalue weighted by Gasteiger charge is 2.21. The van der Waals surface area contributed by atoms with Crippen LogP contribution in [0.2, 0.25) is 0 Å². The first-order valence-electron chi connectivity index (χ1n) is 9.41. The fraction of sp³-hybridized carbons (Fsp3) is 0.500. The Morgan fingerprint density at radius 2 is 1.92 bits per heavy atom. The van der Waals surface area contributed by atoms with Crippen LogP contribution in [0.1, 0.15) is 50.4 Å². The average Bonchev–Trinajstić information content (AvgIpc) is 2.64. The first-order valence-corrected chi connectivity index (χ1v) is 9.41. The van der Waals surface area contributed by atoms with Crippen LogP contribution in [0, 0.1) is 0 Å². The Kier molecular flexibility index (Phi) is 7.67. The molecule has 3 rings (SSSR count). The molecule has 136 valence electrons. The largest absolute Gasteiger partial charge is 0.370 e. The summed E-state index contributed by atoms with van der Waals surface area (Å²) in [4.78, 5) is 11.3. The normalized spacial score (nSPS) is 13.6. The van der Waals surface area contributed by atoms with Crippen molar-refractivity contribution in [2.24, 2.45) is 0 Å². The summed E-state index contributed by atoms with van der Waals surface area (Å²) in [5.41, 5.74) is 9.54. The second-order valence-electron chi connectivity index (χ2n) is 6.08. The van der Waals surface area contributed by atoms with Crippen LogP contribution < -0.4 is 11.1 Å². The number of nitrogen functional groups attached to an aromatic ring is 1. The third kappa shape index (κ3) is 5.43. The molecular weight excluding hydrogens is 310 g/mol. The Bertz CT molecular complexity index is 642. The molecule has 0 fully saturated rings. The molecule has 0 saturated carbocycles. The van der Waals surface area contributed by atoms with Gasteiger partial charge in [0.05, 0.1) is 5.69 Å². The minimum atomic E-state index is 0.365. The molecule has 0 amide bonds. The molecule has 25 heavy (non-hydrogen) atoms. The fourth-order valence-electron chi connectivity index (χ4n) is 3.01. The van der Waals surface area contributed by atoms with E-state index in [4.69, 9.17) is 5.73 Å². The van der Waals surface area contributed by atoms with Crippen LogP contribution in [-0.4, -0.2) is 28.0 Å². The summed E-state index contributed by atoms with van der Waals surface area (Å²) in [6.07, 6.45) is 3.27. The van der Waals surface area contributed by atoms with E-state index in [1.807, 2.05) is 13.8 Å². The lowest BCUT2D eigenvalue weighted by molar-refractivity contribution is 0.241. The summed E-state index contributed by atoms with van der Waals surface area (Å²) in [5, 5.41) is 3.43. The van der Waals surface area contributed by atoms with Crippen LogP contribution in [0.4, 0.5) is 11.8 Å². The molecule has 0 bridgehead atoms. The van der Waals surface area contributed by atoms with E-state index < -0.39 is 0 Å². The van der Waals surface area contributed by atoms with Gasteiger partial charge in [-0.1, -0.05) is 57.5 Å². The predicted molar refractivity (Wildman–Crippen MR) is 105 cm³/mol. The van der Waals surface area contributed by atoms with E-state index in [-0.39, 0.29) is 0 Å². The average molecular weight is 342 g/mol. The highest BCUT2D eigenvalue weighted by molar-refractivity contribution is 5.50. The van der Waals surface area contributed by atoms with Crippen molar-refractivity contribution in [3.8, 4) is 0 Å². The standard InChI is InChI=1S/C18H25N5.C2H6/c1-2-3-10-20-17-15-9-11-23(12-14-7-5-4-6-8-14)13-16(15)21-18(19)22-17;1-2/h4-8H,2-3,9-13H2,1H3,(H3,19,20,21,22);1-2H3. The van der Waals surface area contributed by atoms with Crippen molar-refractivity contribution in [3.05, 3.63) is 47.2 Å². The molecule has 1 aromatic heterocycles. The number of nitrogens with zero attached hydrogens (tertiary/aromatic N) is 3. The number of benzene rings is 1. The summed E-state index contributed by atoms with van der Waals surface area (Å²) in [6.45, 7) is 9.93. The zero-order valence-electron chi connectivity index (χ0n) is 15.8. The summed E-state index contributed by atoms with van der Waals surface area (Å²) >= 11 is 0. The summed E-state index contributed by atoms with van der Waals surface area (Å²) < 4.78 is 0. The molecule has 0 atom stereocenters. The van der Waals surface area contributed by atoms with Gasteiger partial charge in [-0.15, -0.1) is 0 Å². The highest BCUT2D eigenvalue weighted by Crippen LogP contribution is 2.25. The number of nitrogens with two attached hydrogens (primary N) is 1. The van der Waals surface area contributed by atoms with Gasteiger partial charge in [-0.05, 0) is 18.4 Å². The minimum Gasteiger partial charge on any atom is -0.370 e. The lowest BCUT2D eigenvalue weighted by Gasteiger charge is -2.29. The number of hydrogen-bond donors (Lipinski definition) is 2. The van der Waals surface area contributed by atoms with Crippen molar-refractivity contribution in [3.63, 3.8) is 0 Å². The molecule has 0 saturated heterocycles. The van der Waals surface area contributed by atoms with Gasteiger partial charge in [-0.25, -0.2) is 4.98 Å². The molecule has 2 aromatic rings. The fourth-order valence-corrected chi connectivity index (χ4v) is 3.01. The zero-order valence-corrected chi connectivity index (χ0v) is 15.8. The summed E-state index contributed by atoms with van der Waals surface area (Å²) in [7, 11) is 0. The molecule has 2 heterocycles. The third-order valence-electron chi connectivity index (χ3n) is 4.23. The van der Waals surface area contributed by atoms with Crippen molar-refractivity contribution < 1.29 is 0 Å². The van der Waals surface area contributed by atoms with E-state index in [0.29, 0.717) is 5.95 Å². The monoisotopic (exact) mass is 341 g/mol. The van der Waals surface area contributed by atoms with Crippen molar-refractivity contribution in [1.29, 1.82) is 0 Å². The number of hydrogen-bond acceptors (Lipinski definition) is 5. The van der Waals surface area contributed by atoms with E-state index in [9.17, 15) is 0 Å². The molecule has 1 aliphatic heterocycles. The van der Waals surface area contributed by atoms with Crippen LogP contribution in [0.15, 0.2) is 30.3 Å². The van der Waals surface area contributed by atoms with Gasteiger partial charge in [0.25, 0.3) is 0 Å². The summed E-state index contributed by atoms with van der Waals surface area (Å²) in [6, 6.07) is 10.6. The Labute approximate surface area is 151 Å². The lowest BCUT2D eigenvalue weighted by atomic mass is 10.0. The van der Waals surface area contributed by atoms with Crippen LogP contribution in [-0.2, 0) is 19.5 Å². The van der Waals surface area contributed by atoms with E-state index in [2.05, 4.69) is 57.4 Å². The maximum absolute atomic E-state index is 5.90. The van der Waals surface area contributed by atoms with Gasteiger partial charge >= 0.3 is 0 Å². The molecule has 0 aliphatic carbocycles. The van der Waals surface area contributed by atoms with Gasteiger partial charge < -0.3 is 11.1 Å². The molecule has 1 aromatic carbocycles. The van der Waals surface area contributed by atoms with E-state index >= 15 is 0 Å². The van der Waals surface area contributed by atoms with Crippen molar-refractivity contribution in [1.82, 2.24) is 14.9 Å². The Morgan fingerprint density at radius 1 is 1.16 bits per heavy atom. The number of unbranched alkanes of at least 4 members (excludes halogenated alkanes) is 1. The Morgan fingerprint density at radius 3 is 2.64 bits per heavy atom. The van der Waals surface area contributed by atoms with Gasteiger partial charge in [0, 0.05) is 31.7 Å². The molecule has 0 spiro atoms. The van der Waals surface area contributed by atoms with E-state index in [1.54, 1.807) is 0 Å². The van der Waals surface area contributed by atoms with Crippen LogP contribution >= 0.6 is 0 Å². The maximum atomic E-state index is 5.90. The molecule has 3 N–H and O–H groups in total. The smallest absolute Gasteiger partial charge is 0.222 e. The molecule has 0 radical (unpaired) electrons. The number of aromatic nitrogens is 2. The molecule has 5 nitrogen and oxygen atoms in total. The molecule has 0 unspecified atom stereocenters. The van der Waals surface area contributed by atoms with Crippen LogP contribution in [0.25, 0.3) is 0 Å². The van der Waals surface area contributed by atoms with Crippen LogP contribution in [0.5, 0.6) is 0 Å².